The molecule has 1 aromatic carbocycles. The van der Waals surface area contributed by atoms with Gasteiger partial charge in [-0.1, -0.05) is 13.3 Å². The Morgan fingerprint density at radius 3 is 2.67 bits per heavy atom. The Morgan fingerprint density at radius 1 is 1.22 bits per heavy atom. The van der Waals surface area contributed by atoms with E-state index in [9.17, 15) is 8.42 Å². The lowest BCUT2D eigenvalue weighted by Crippen LogP contribution is -2.23. The first kappa shape index (κ1) is 19.6. The molecule has 0 radical (unpaired) electrons. The molecule has 0 aliphatic heterocycles. The normalized spacial score (nSPS) is 11.6. The number of rotatable bonds is 9. The van der Waals surface area contributed by atoms with Crippen molar-refractivity contribution in [3.8, 4) is 16.5 Å². The van der Waals surface area contributed by atoms with E-state index in [0.29, 0.717) is 18.1 Å². The summed E-state index contributed by atoms with van der Waals surface area (Å²) >= 11 is 1.41. The van der Waals surface area contributed by atoms with E-state index >= 15 is 0 Å². The predicted molar refractivity (Wildman–Crippen MR) is 105 cm³/mol. The molecule has 0 saturated heterocycles. The van der Waals surface area contributed by atoms with Crippen molar-refractivity contribution in [2.75, 3.05) is 6.61 Å². The largest absolute Gasteiger partial charge is 0.494 e. The summed E-state index contributed by atoms with van der Waals surface area (Å²) in [5.41, 5.74) is 0.786. The lowest BCUT2D eigenvalue weighted by molar-refractivity contribution is 0.309. The van der Waals surface area contributed by atoms with Crippen LogP contribution in [0.1, 0.15) is 30.3 Å². The molecule has 3 rings (SSSR count). The zero-order valence-corrected chi connectivity index (χ0v) is 16.9. The third-order valence-electron chi connectivity index (χ3n) is 3.95. The summed E-state index contributed by atoms with van der Waals surface area (Å²) in [4.78, 5) is 5.51. The van der Waals surface area contributed by atoms with Gasteiger partial charge in [-0.25, -0.2) is 18.1 Å². The lowest BCUT2D eigenvalue weighted by Gasteiger charge is -2.08. The van der Waals surface area contributed by atoms with Gasteiger partial charge in [0.15, 0.2) is 10.8 Å². The van der Waals surface area contributed by atoms with Gasteiger partial charge in [0, 0.05) is 11.4 Å². The SMILES string of the molecule is CCCCOc1ccc(S(=O)(=O)NCc2sc(-c3ccco3)nc2C)cc1. The van der Waals surface area contributed by atoms with Gasteiger partial charge in [-0.2, -0.15) is 0 Å². The molecule has 0 unspecified atom stereocenters. The van der Waals surface area contributed by atoms with Crippen LogP contribution in [0, 0.1) is 6.92 Å². The van der Waals surface area contributed by atoms with Crippen molar-refractivity contribution >= 4 is 21.4 Å². The van der Waals surface area contributed by atoms with Crippen molar-refractivity contribution in [1.82, 2.24) is 9.71 Å². The molecule has 27 heavy (non-hydrogen) atoms. The number of ether oxygens (including phenoxy) is 1. The Kier molecular flexibility index (Phi) is 6.30. The maximum absolute atomic E-state index is 12.5. The minimum atomic E-state index is -3.61. The molecule has 144 valence electrons. The second-order valence-electron chi connectivity index (χ2n) is 6.00. The second kappa shape index (κ2) is 8.69. The van der Waals surface area contributed by atoms with Crippen LogP contribution in [-0.2, 0) is 16.6 Å². The van der Waals surface area contributed by atoms with E-state index in [-0.39, 0.29) is 11.4 Å². The van der Waals surface area contributed by atoms with Crippen molar-refractivity contribution in [3.05, 3.63) is 53.2 Å². The summed E-state index contributed by atoms with van der Waals surface area (Å²) in [7, 11) is -3.61. The number of aryl methyl sites for hydroxylation is 1. The maximum atomic E-state index is 12.5. The molecule has 3 aromatic rings. The van der Waals surface area contributed by atoms with Crippen LogP contribution < -0.4 is 9.46 Å². The molecule has 0 spiro atoms. The molecule has 8 heteroatoms. The van der Waals surface area contributed by atoms with Crippen LogP contribution in [0.15, 0.2) is 52.0 Å². The monoisotopic (exact) mass is 406 g/mol. The van der Waals surface area contributed by atoms with Gasteiger partial charge < -0.3 is 9.15 Å². The highest BCUT2D eigenvalue weighted by atomic mass is 32.2. The van der Waals surface area contributed by atoms with E-state index in [4.69, 9.17) is 9.15 Å². The number of benzene rings is 1. The molecule has 0 fully saturated rings. The maximum Gasteiger partial charge on any atom is 0.240 e. The Labute approximate surface area is 163 Å². The third kappa shape index (κ3) is 4.97. The number of hydrogen-bond donors (Lipinski definition) is 1. The Bertz CT molecular complexity index is 962. The molecule has 0 aliphatic rings. The zero-order valence-electron chi connectivity index (χ0n) is 15.3. The molecule has 0 bridgehead atoms. The number of sulfonamides is 1. The highest BCUT2D eigenvalue weighted by Crippen LogP contribution is 2.28. The summed E-state index contributed by atoms with van der Waals surface area (Å²) in [6.07, 6.45) is 3.61. The van der Waals surface area contributed by atoms with Gasteiger partial charge in [0.25, 0.3) is 0 Å². The molecule has 1 N–H and O–H groups in total. The molecule has 0 aliphatic carbocycles. The molecule has 0 atom stereocenters. The minimum Gasteiger partial charge on any atom is -0.494 e. The van der Waals surface area contributed by atoms with Gasteiger partial charge in [-0.3, -0.25) is 0 Å². The van der Waals surface area contributed by atoms with Gasteiger partial charge >= 0.3 is 0 Å². The average molecular weight is 407 g/mol. The van der Waals surface area contributed by atoms with Crippen LogP contribution in [0.25, 0.3) is 10.8 Å². The number of hydrogen-bond acceptors (Lipinski definition) is 6. The van der Waals surface area contributed by atoms with Crippen molar-refractivity contribution < 1.29 is 17.6 Å². The molecule has 2 heterocycles. The number of aromatic nitrogens is 1. The van der Waals surface area contributed by atoms with E-state index in [1.807, 2.05) is 13.0 Å². The average Bonchev–Trinajstić information content (AvgIpc) is 3.30. The van der Waals surface area contributed by atoms with Crippen LogP contribution in [0.5, 0.6) is 5.75 Å². The fraction of sp³-hybridized carbons (Fsp3) is 0.316. The van der Waals surface area contributed by atoms with Crippen LogP contribution in [0.2, 0.25) is 0 Å². The summed E-state index contributed by atoms with van der Waals surface area (Å²) in [5.74, 6) is 1.35. The summed E-state index contributed by atoms with van der Waals surface area (Å²) in [5, 5.41) is 0.736. The fourth-order valence-electron chi connectivity index (χ4n) is 2.39. The number of nitrogens with zero attached hydrogens (tertiary/aromatic N) is 1. The number of unbranched alkanes of at least 4 members (excludes halogenated alkanes) is 1. The molecule has 6 nitrogen and oxygen atoms in total. The van der Waals surface area contributed by atoms with E-state index in [1.54, 1.807) is 36.6 Å². The van der Waals surface area contributed by atoms with E-state index in [2.05, 4.69) is 16.6 Å². The predicted octanol–water partition coefficient (Wildman–Crippen LogP) is 4.37. The van der Waals surface area contributed by atoms with Crippen LogP contribution in [0.4, 0.5) is 0 Å². The van der Waals surface area contributed by atoms with Crippen LogP contribution in [-0.4, -0.2) is 20.0 Å². The Hall–Kier alpha value is -2.16. The van der Waals surface area contributed by atoms with Crippen molar-refractivity contribution in [2.24, 2.45) is 0 Å². The van der Waals surface area contributed by atoms with Crippen molar-refractivity contribution in [3.63, 3.8) is 0 Å². The van der Waals surface area contributed by atoms with Crippen molar-refractivity contribution in [2.45, 2.75) is 38.1 Å². The highest BCUT2D eigenvalue weighted by molar-refractivity contribution is 7.89. The Morgan fingerprint density at radius 2 is 2.00 bits per heavy atom. The summed E-state index contributed by atoms with van der Waals surface area (Å²) < 4.78 is 38.6. The smallest absolute Gasteiger partial charge is 0.240 e. The summed E-state index contributed by atoms with van der Waals surface area (Å²) in [6.45, 7) is 4.76. The first-order valence-electron chi connectivity index (χ1n) is 8.72. The van der Waals surface area contributed by atoms with Gasteiger partial charge in [-0.15, -0.1) is 11.3 Å². The van der Waals surface area contributed by atoms with Gasteiger partial charge in [0.2, 0.25) is 10.0 Å². The molecule has 0 saturated carbocycles. The van der Waals surface area contributed by atoms with Gasteiger partial charge in [-0.05, 0) is 49.7 Å². The number of thiazole rings is 1. The quantitative estimate of drug-likeness (QED) is 0.534. The van der Waals surface area contributed by atoms with E-state index in [0.717, 1.165) is 28.4 Å². The number of nitrogens with one attached hydrogen (secondary N) is 1. The van der Waals surface area contributed by atoms with Crippen LogP contribution >= 0.6 is 11.3 Å². The first-order chi connectivity index (χ1) is 13.0. The number of furan rings is 1. The van der Waals surface area contributed by atoms with Gasteiger partial charge in [0.05, 0.1) is 23.5 Å². The third-order valence-corrected chi connectivity index (χ3v) is 6.54. The van der Waals surface area contributed by atoms with Gasteiger partial charge in [0.1, 0.15) is 5.75 Å². The summed E-state index contributed by atoms with van der Waals surface area (Å²) in [6, 6.07) is 10.1. The zero-order chi connectivity index (χ0) is 19.3. The first-order valence-corrected chi connectivity index (χ1v) is 11.0. The van der Waals surface area contributed by atoms with Crippen LogP contribution in [0.3, 0.4) is 0 Å². The molecule has 0 amide bonds. The Balaban J connectivity index is 1.65. The minimum absolute atomic E-state index is 0.182. The van der Waals surface area contributed by atoms with Crippen molar-refractivity contribution in [1.29, 1.82) is 0 Å². The van der Waals surface area contributed by atoms with E-state index in [1.165, 1.54) is 11.3 Å². The molecular formula is C19H22N2O4S2. The standard InChI is InChI=1S/C19H22N2O4S2/c1-3-4-11-24-15-7-9-16(10-8-15)27(22,23)20-13-18-14(2)21-19(26-18)17-6-5-12-25-17/h5-10,12,20H,3-4,11,13H2,1-2H3. The lowest BCUT2D eigenvalue weighted by atomic mass is 10.3. The van der Waals surface area contributed by atoms with E-state index < -0.39 is 10.0 Å². The molecule has 2 aromatic heterocycles. The second-order valence-corrected chi connectivity index (χ2v) is 8.85. The topological polar surface area (TPSA) is 81.4 Å². The highest BCUT2D eigenvalue weighted by Gasteiger charge is 2.17. The molecular weight excluding hydrogens is 384 g/mol. The fourth-order valence-corrected chi connectivity index (χ4v) is 4.45.